The molecule has 96 valence electrons. The molecule has 0 aliphatic rings. The van der Waals surface area contributed by atoms with E-state index in [4.69, 9.17) is 0 Å². The molecule has 2 atom stereocenters. The fourth-order valence-electron chi connectivity index (χ4n) is 1.84. The van der Waals surface area contributed by atoms with Gasteiger partial charge in [-0.3, -0.25) is 0 Å². The summed E-state index contributed by atoms with van der Waals surface area (Å²) in [7, 11) is 1.73. The van der Waals surface area contributed by atoms with Crippen molar-refractivity contribution in [1.82, 2.24) is 5.32 Å². The number of benzene rings is 1. The molecule has 2 unspecified atom stereocenters. The third-order valence-corrected chi connectivity index (χ3v) is 3.53. The van der Waals surface area contributed by atoms with Crippen LogP contribution >= 0.6 is 15.9 Å². The quantitative estimate of drug-likeness (QED) is 0.849. The Balaban J connectivity index is 3.03. The van der Waals surface area contributed by atoms with Gasteiger partial charge in [-0.05, 0) is 31.5 Å². The number of rotatable bonds is 5. The summed E-state index contributed by atoms with van der Waals surface area (Å²) in [4.78, 5) is 0. The van der Waals surface area contributed by atoms with Gasteiger partial charge in [0, 0.05) is 16.1 Å². The van der Waals surface area contributed by atoms with E-state index in [0.717, 1.165) is 12.8 Å². The van der Waals surface area contributed by atoms with Gasteiger partial charge in [0.1, 0.15) is 11.6 Å². The molecule has 0 amide bonds. The van der Waals surface area contributed by atoms with Crippen LogP contribution in [0.5, 0.6) is 0 Å². The van der Waals surface area contributed by atoms with Gasteiger partial charge in [-0.2, -0.15) is 0 Å². The molecule has 0 heterocycles. The van der Waals surface area contributed by atoms with Gasteiger partial charge in [-0.1, -0.05) is 36.2 Å². The summed E-state index contributed by atoms with van der Waals surface area (Å²) in [5, 5.41) is 2.99. The largest absolute Gasteiger partial charge is 0.313 e. The number of hydrogen-bond acceptors (Lipinski definition) is 1. The molecule has 4 heteroatoms. The lowest BCUT2D eigenvalue weighted by Crippen LogP contribution is -2.21. The Morgan fingerprint density at radius 3 is 2.24 bits per heavy atom. The highest BCUT2D eigenvalue weighted by atomic mass is 79.9. The molecule has 0 radical (unpaired) electrons. The van der Waals surface area contributed by atoms with E-state index in [0.29, 0.717) is 10.4 Å². The lowest BCUT2D eigenvalue weighted by Gasteiger charge is -2.21. The minimum absolute atomic E-state index is 0.135. The number of halogens is 3. The van der Waals surface area contributed by atoms with Crippen LogP contribution in [-0.4, -0.2) is 7.05 Å². The highest BCUT2D eigenvalue weighted by Crippen LogP contribution is 2.29. The van der Waals surface area contributed by atoms with E-state index in [1.54, 1.807) is 7.05 Å². The topological polar surface area (TPSA) is 12.0 Å². The Morgan fingerprint density at radius 2 is 1.82 bits per heavy atom. The van der Waals surface area contributed by atoms with Crippen LogP contribution in [0.15, 0.2) is 16.6 Å². The van der Waals surface area contributed by atoms with Crippen LogP contribution in [0.2, 0.25) is 0 Å². The SMILES string of the molecule is CCC(C)CC(NC)c1c(F)cc(Br)cc1F. The van der Waals surface area contributed by atoms with Crippen molar-refractivity contribution in [3.05, 3.63) is 33.8 Å². The van der Waals surface area contributed by atoms with Crippen molar-refractivity contribution in [3.8, 4) is 0 Å². The maximum absolute atomic E-state index is 13.8. The Kier molecular flexibility index (Phi) is 5.53. The highest BCUT2D eigenvalue weighted by molar-refractivity contribution is 9.10. The molecule has 0 aliphatic carbocycles. The van der Waals surface area contributed by atoms with Gasteiger partial charge in [0.15, 0.2) is 0 Å². The van der Waals surface area contributed by atoms with Crippen molar-refractivity contribution < 1.29 is 8.78 Å². The summed E-state index contributed by atoms with van der Waals surface area (Å²) in [6.07, 6.45) is 1.72. The summed E-state index contributed by atoms with van der Waals surface area (Å²) in [6, 6.07) is 2.33. The average Bonchev–Trinajstić information content (AvgIpc) is 2.25. The van der Waals surface area contributed by atoms with Gasteiger partial charge in [0.25, 0.3) is 0 Å². The van der Waals surface area contributed by atoms with E-state index >= 15 is 0 Å². The molecule has 1 aromatic rings. The van der Waals surface area contributed by atoms with Gasteiger partial charge in [0.2, 0.25) is 0 Å². The minimum Gasteiger partial charge on any atom is -0.313 e. The normalized spacial score (nSPS) is 14.7. The Morgan fingerprint density at radius 1 is 1.29 bits per heavy atom. The van der Waals surface area contributed by atoms with Gasteiger partial charge in [-0.15, -0.1) is 0 Å². The summed E-state index contributed by atoms with van der Waals surface area (Å²) in [5.74, 6) is -0.575. The van der Waals surface area contributed by atoms with Crippen molar-refractivity contribution in [2.75, 3.05) is 7.05 Å². The smallest absolute Gasteiger partial charge is 0.132 e. The van der Waals surface area contributed by atoms with Crippen LogP contribution in [-0.2, 0) is 0 Å². The Hall–Kier alpha value is -0.480. The van der Waals surface area contributed by atoms with E-state index in [1.807, 2.05) is 0 Å². The first kappa shape index (κ1) is 14.6. The zero-order chi connectivity index (χ0) is 13.0. The predicted octanol–water partition coefficient (Wildman–Crippen LogP) is 4.42. The second-order valence-corrected chi connectivity index (χ2v) is 5.29. The third kappa shape index (κ3) is 3.75. The van der Waals surface area contributed by atoms with Gasteiger partial charge >= 0.3 is 0 Å². The van der Waals surface area contributed by atoms with Gasteiger partial charge in [0.05, 0.1) is 0 Å². The van der Waals surface area contributed by atoms with Crippen molar-refractivity contribution in [2.45, 2.75) is 32.7 Å². The first-order valence-corrected chi connectivity index (χ1v) is 6.60. The van der Waals surface area contributed by atoms with Gasteiger partial charge in [-0.25, -0.2) is 8.78 Å². The van der Waals surface area contributed by atoms with Crippen LogP contribution in [0.25, 0.3) is 0 Å². The van der Waals surface area contributed by atoms with Crippen molar-refractivity contribution in [1.29, 1.82) is 0 Å². The molecular weight excluding hydrogens is 288 g/mol. The Labute approximate surface area is 110 Å². The second-order valence-electron chi connectivity index (χ2n) is 4.37. The highest BCUT2D eigenvalue weighted by Gasteiger charge is 2.21. The minimum atomic E-state index is -0.500. The van der Waals surface area contributed by atoms with E-state index in [2.05, 4.69) is 35.1 Å². The van der Waals surface area contributed by atoms with E-state index in [-0.39, 0.29) is 11.6 Å². The third-order valence-electron chi connectivity index (χ3n) is 3.08. The maximum atomic E-state index is 13.8. The first-order chi connectivity index (χ1) is 7.99. The van der Waals surface area contributed by atoms with Crippen LogP contribution in [0, 0.1) is 17.6 Å². The van der Waals surface area contributed by atoms with Gasteiger partial charge < -0.3 is 5.32 Å². The average molecular weight is 306 g/mol. The molecule has 1 aromatic carbocycles. The predicted molar refractivity (Wildman–Crippen MR) is 69.9 cm³/mol. The molecule has 0 bridgehead atoms. The van der Waals surface area contributed by atoms with E-state index in [1.165, 1.54) is 12.1 Å². The monoisotopic (exact) mass is 305 g/mol. The summed E-state index contributed by atoms with van der Waals surface area (Å²) < 4.78 is 28.0. The van der Waals surface area contributed by atoms with Crippen LogP contribution in [0.1, 0.15) is 38.3 Å². The number of nitrogens with one attached hydrogen (secondary N) is 1. The van der Waals surface area contributed by atoms with Crippen LogP contribution in [0.4, 0.5) is 8.78 Å². The fraction of sp³-hybridized carbons (Fsp3) is 0.538. The van der Waals surface area contributed by atoms with E-state index in [9.17, 15) is 8.78 Å². The molecule has 1 nitrogen and oxygen atoms in total. The Bertz CT molecular complexity index is 359. The van der Waals surface area contributed by atoms with Crippen LogP contribution in [0.3, 0.4) is 0 Å². The summed E-state index contributed by atoms with van der Waals surface area (Å²) >= 11 is 3.08. The molecule has 17 heavy (non-hydrogen) atoms. The fourth-order valence-corrected chi connectivity index (χ4v) is 2.24. The summed E-state index contributed by atoms with van der Waals surface area (Å²) in [6.45, 7) is 4.16. The molecule has 0 aromatic heterocycles. The molecule has 0 fully saturated rings. The lowest BCUT2D eigenvalue weighted by atomic mass is 9.94. The molecule has 0 saturated carbocycles. The molecule has 1 N–H and O–H groups in total. The van der Waals surface area contributed by atoms with Crippen molar-refractivity contribution in [2.24, 2.45) is 5.92 Å². The molecule has 0 aliphatic heterocycles. The summed E-state index contributed by atoms with van der Waals surface area (Å²) in [5.41, 5.74) is 0.135. The molecule has 1 rings (SSSR count). The standard InChI is InChI=1S/C13H18BrF2N/c1-4-8(2)5-12(17-3)13-10(15)6-9(14)7-11(13)16/h6-8,12,17H,4-5H2,1-3H3. The molecule has 0 saturated heterocycles. The zero-order valence-corrected chi connectivity index (χ0v) is 11.9. The molecular formula is C13H18BrF2N. The van der Waals surface area contributed by atoms with Crippen molar-refractivity contribution in [3.63, 3.8) is 0 Å². The lowest BCUT2D eigenvalue weighted by molar-refractivity contribution is 0.396. The number of hydrogen-bond donors (Lipinski definition) is 1. The molecule has 0 spiro atoms. The maximum Gasteiger partial charge on any atom is 0.132 e. The van der Waals surface area contributed by atoms with E-state index < -0.39 is 11.6 Å². The second kappa shape index (κ2) is 6.45. The zero-order valence-electron chi connectivity index (χ0n) is 10.4. The van der Waals surface area contributed by atoms with Crippen LogP contribution < -0.4 is 5.32 Å². The van der Waals surface area contributed by atoms with Crippen molar-refractivity contribution >= 4 is 15.9 Å². The first-order valence-electron chi connectivity index (χ1n) is 5.81.